The normalized spacial score (nSPS) is 10.4. The lowest BCUT2D eigenvalue weighted by molar-refractivity contribution is 1.46. The lowest BCUT2D eigenvalue weighted by Gasteiger charge is -2.08. The molecule has 38 heavy (non-hydrogen) atoms. The van der Waals surface area contributed by atoms with E-state index >= 15 is 0 Å². The molecule has 0 N–H and O–H groups in total. The minimum absolute atomic E-state index is 1.26. The Morgan fingerprint density at radius 2 is 0.553 bits per heavy atom. The summed E-state index contributed by atoms with van der Waals surface area (Å²) in [7, 11) is 0. The fraction of sp³-hybridized carbons (Fsp3) is 0.0526. The number of hydrogen-bond acceptors (Lipinski definition) is 0. The van der Waals surface area contributed by atoms with E-state index in [1.165, 1.54) is 55.6 Å². The highest BCUT2D eigenvalue weighted by molar-refractivity contribution is 5.74. The van der Waals surface area contributed by atoms with E-state index in [4.69, 9.17) is 0 Å². The van der Waals surface area contributed by atoms with Gasteiger partial charge < -0.3 is 0 Å². The Kier molecular flexibility index (Phi) is 7.92. The number of aryl methyl sites for hydroxylation is 2. The maximum absolute atomic E-state index is 2.26. The largest absolute Gasteiger partial charge is 0.0622 e. The predicted molar refractivity (Wildman–Crippen MR) is 164 cm³/mol. The Morgan fingerprint density at radius 3 is 1.03 bits per heavy atom. The molecule has 0 heteroatoms. The molecular weight excluding hydrogens is 456 g/mol. The van der Waals surface area contributed by atoms with Crippen molar-refractivity contribution in [2.45, 2.75) is 13.8 Å². The smallest absolute Gasteiger partial charge is 0.0175 e. The summed E-state index contributed by atoms with van der Waals surface area (Å²) in [6.07, 6.45) is 0. The van der Waals surface area contributed by atoms with Crippen molar-refractivity contribution in [1.82, 2.24) is 0 Å². The summed E-state index contributed by atoms with van der Waals surface area (Å²) in [5, 5.41) is 0. The lowest BCUT2D eigenvalue weighted by atomic mass is 9.97. The monoisotopic (exact) mass is 488 g/mol. The van der Waals surface area contributed by atoms with Crippen LogP contribution in [0.2, 0.25) is 0 Å². The van der Waals surface area contributed by atoms with Crippen molar-refractivity contribution in [2.75, 3.05) is 0 Å². The van der Waals surface area contributed by atoms with Crippen LogP contribution in [0.3, 0.4) is 0 Å². The van der Waals surface area contributed by atoms with Gasteiger partial charge in [-0.05, 0) is 76.1 Å². The molecule has 0 aliphatic heterocycles. The van der Waals surface area contributed by atoms with E-state index in [1.807, 2.05) is 6.07 Å². The zero-order chi connectivity index (χ0) is 26.2. The number of rotatable bonds is 4. The molecule has 0 fully saturated rings. The first-order valence-electron chi connectivity index (χ1n) is 13.1. The van der Waals surface area contributed by atoms with Gasteiger partial charge in [0.2, 0.25) is 0 Å². The second-order valence-electron chi connectivity index (χ2n) is 9.64. The minimum atomic E-state index is 1.26. The topological polar surface area (TPSA) is 0 Å². The average Bonchev–Trinajstić information content (AvgIpc) is 2.99. The highest BCUT2D eigenvalue weighted by Crippen LogP contribution is 2.28. The van der Waals surface area contributed by atoms with Crippen LogP contribution in [0.15, 0.2) is 158 Å². The molecule has 0 radical (unpaired) electrons. The third-order valence-corrected chi connectivity index (χ3v) is 6.61. The standard InChI is InChI=1S/2C19H16/c1-15-12-18(16-8-4-2-5-9-16)14-19(13-15)17-10-6-3-7-11-17;1-15-7-5-10-17(13-15)19-12-6-11-18(14-19)16-8-3-2-4-9-16/h2*2-14H,1H3. The summed E-state index contributed by atoms with van der Waals surface area (Å²) in [4.78, 5) is 0. The van der Waals surface area contributed by atoms with E-state index in [9.17, 15) is 0 Å². The van der Waals surface area contributed by atoms with Crippen LogP contribution in [0.4, 0.5) is 0 Å². The van der Waals surface area contributed by atoms with Crippen molar-refractivity contribution in [3.05, 3.63) is 169 Å². The minimum Gasteiger partial charge on any atom is -0.0622 e. The van der Waals surface area contributed by atoms with Gasteiger partial charge in [0.25, 0.3) is 0 Å². The van der Waals surface area contributed by atoms with Crippen molar-refractivity contribution < 1.29 is 0 Å². The summed E-state index contributed by atoms with van der Waals surface area (Å²) in [5.74, 6) is 0. The zero-order valence-electron chi connectivity index (χ0n) is 22.0. The average molecular weight is 489 g/mol. The van der Waals surface area contributed by atoms with Crippen LogP contribution in [-0.4, -0.2) is 0 Å². The van der Waals surface area contributed by atoms with Crippen LogP contribution in [-0.2, 0) is 0 Å². The molecule has 6 aromatic rings. The van der Waals surface area contributed by atoms with Gasteiger partial charge in [0.1, 0.15) is 0 Å². The Morgan fingerprint density at radius 1 is 0.237 bits per heavy atom. The first-order chi connectivity index (χ1) is 18.7. The fourth-order valence-electron chi connectivity index (χ4n) is 4.71. The molecular formula is C38H32. The molecule has 0 aromatic heterocycles. The molecule has 0 saturated heterocycles. The number of hydrogen-bond donors (Lipinski definition) is 0. The number of benzene rings is 6. The first kappa shape index (κ1) is 25.0. The van der Waals surface area contributed by atoms with Gasteiger partial charge in [-0.1, -0.05) is 151 Å². The Balaban J connectivity index is 0.000000155. The van der Waals surface area contributed by atoms with Crippen molar-refractivity contribution in [2.24, 2.45) is 0 Å². The van der Waals surface area contributed by atoms with Gasteiger partial charge in [0.05, 0.1) is 0 Å². The zero-order valence-corrected chi connectivity index (χ0v) is 22.0. The Bertz CT molecular complexity index is 1540. The molecule has 0 aliphatic carbocycles. The summed E-state index contributed by atoms with van der Waals surface area (Å²) >= 11 is 0. The van der Waals surface area contributed by atoms with Gasteiger partial charge in [-0.3, -0.25) is 0 Å². The lowest BCUT2D eigenvalue weighted by Crippen LogP contribution is -1.84. The van der Waals surface area contributed by atoms with E-state index < -0.39 is 0 Å². The fourth-order valence-corrected chi connectivity index (χ4v) is 4.71. The van der Waals surface area contributed by atoms with Crippen molar-refractivity contribution >= 4 is 0 Å². The van der Waals surface area contributed by atoms with Gasteiger partial charge in [-0.15, -0.1) is 0 Å². The molecule has 6 aromatic carbocycles. The Hall–Kier alpha value is -4.68. The van der Waals surface area contributed by atoms with E-state index in [0.717, 1.165) is 0 Å². The molecule has 0 unspecified atom stereocenters. The van der Waals surface area contributed by atoms with Gasteiger partial charge >= 0.3 is 0 Å². The van der Waals surface area contributed by atoms with Crippen LogP contribution in [0.25, 0.3) is 44.5 Å². The molecule has 0 spiro atoms. The summed E-state index contributed by atoms with van der Waals surface area (Å²) in [6, 6.07) is 55.6. The van der Waals surface area contributed by atoms with Crippen LogP contribution >= 0.6 is 0 Å². The second kappa shape index (κ2) is 12.0. The van der Waals surface area contributed by atoms with Crippen LogP contribution < -0.4 is 0 Å². The SMILES string of the molecule is Cc1cc(-c2ccccc2)cc(-c2ccccc2)c1.Cc1cccc(-c2cccc(-c3ccccc3)c2)c1. The van der Waals surface area contributed by atoms with E-state index in [2.05, 4.69) is 166 Å². The second-order valence-corrected chi connectivity index (χ2v) is 9.64. The molecule has 0 aliphatic rings. The van der Waals surface area contributed by atoms with Gasteiger partial charge in [-0.25, -0.2) is 0 Å². The maximum Gasteiger partial charge on any atom is -0.0175 e. The highest BCUT2D eigenvalue weighted by atomic mass is 14.1. The van der Waals surface area contributed by atoms with Gasteiger partial charge in [0.15, 0.2) is 0 Å². The van der Waals surface area contributed by atoms with Crippen LogP contribution in [0.1, 0.15) is 11.1 Å². The van der Waals surface area contributed by atoms with Crippen molar-refractivity contribution in [1.29, 1.82) is 0 Å². The summed E-state index contributed by atoms with van der Waals surface area (Å²) in [5.41, 5.74) is 12.7. The summed E-state index contributed by atoms with van der Waals surface area (Å²) < 4.78 is 0. The van der Waals surface area contributed by atoms with E-state index in [0.29, 0.717) is 0 Å². The molecule has 0 heterocycles. The van der Waals surface area contributed by atoms with E-state index in [1.54, 1.807) is 0 Å². The molecule has 0 atom stereocenters. The predicted octanol–water partition coefficient (Wildman–Crippen LogP) is 10.7. The van der Waals surface area contributed by atoms with Gasteiger partial charge in [0, 0.05) is 0 Å². The van der Waals surface area contributed by atoms with E-state index in [-0.39, 0.29) is 0 Å². The maximum atomic E-state index is 2.26. The van der Waals surface area contributed by atoms with Crippen molar-refractivity contribution in [3.63, 3.8) is 0 Å². The first-order valence-corrected chi connectivity index (χ1v) is 13.1. The molecule has 0 nitrogen and oxygen atoms in total. The van der Waals surface area contributed by atoms with Crippen LogP contribution in [0.5, 0.6) is 0 Å². The molecule has 184 valence electrons. The highest BCUT2D eigenvalue weighted by Gasteiger charge is 2.03. The molecule has 0 bridgehead atoms. The molecule has 0 amide bonds. The Labute approximate surface area is 226 Å². The van der Waals surface area contributed by atoms with Crippen LogP contribution in [0, 0.1) is 13.8 Å². The van der Waals surface area contributed by atoms with Crippen molar-refractivity contribution in [3.8, 4) is 44.5 Å². The quantitative estimate of drug-likeness (QED) is 0.231. The third-order valence-electron chi connectivity index (χ3n) is 6.61. The van der Waals surface area contributed by atoms with Gasteiger partial charge in [-0.2, -0.15) is 0 Å². The molecule has 0 saturated carbocycles. The molecule has 6 rings (SSSR count). The third kappa shape index (κ3) is 6.35. The summed E-state index contributed by atoms with van der Waals surface area (Å²) in [6.45, 7) is 4.28.